The Labute approximate surface area is 160 Å². The number of benzene rings is 1. The Morgan fingerprint density at radius 2 is 2.04 bits per heavy atom. The van der Waals surface area contributed by atoms with Gasteiger partial charge in [0.05, 0.1) is 36.6 Å². The van der Waals surface area contributed by atoms with Crippen LogP contribution in [0.2, 0.25) is 0 Å². The highest BCUT2D eigenvalue weighted by atomic mass is 16.5. The fourth-order valence-corrected chi connectivity index (χ4v) is 3.59. The van der Waals surface area contributed by atoms with Gasteiger partial charge in [-0.2, -0.15) is 0 Å². The summed E-state index contributed by atoms with van der Waals surface area (Å²) in [4.78, 5) is 26.5. The molecule has 2 atom stereocenters. The zero-order valence-electron chi connectivity index (χ0n) is 16.3. The summed E-state index contributed by atoms with van der Waals surface area (Å²) in [6.45, 7) is 3.89. The van der Waals surface area contributed by atoms with Crippen molar-refractivity contribution in [2.24, 2.45) is 5.92 Å². The molecule has 2 rings (SSSR count). The molecule has 0 saturated carbocycles. The summed E-state index contributed by atoms with van der Waals surface area (Å²) in [5, 5.41) is 22.4. The minimum atomic E-state index is -0.470. The predicted octanol–water partition coefficient (Wildman–Crippen LogP) is 2.17. The third kappa shape index (κ3) is 4.59. The average Bonchev–Trinajstić information content (AvgIpc) is 3.00. The number of methoxy groups -OCH3 is 1. The van der Waals surface area contributed by atoms with Crippen LogP contribution in [0.25, 0.3) is 0 Å². The number of nitrogens with one attached hydrogen (secondary N) is 1. The molecule has 1 heterocycles. The fourth-order valence-electron chi connectivity index (χ4n) is 3.59. The summed E-state index contributed by atoms with van der Waals surface area (Å²) in [6, 6.07) is 5.08. The zero-order chi connectivity index (χ0) is 20.0. The van der Waals surface area contributed by atoms with E-state index in [4.69, 9.17) is 4.74 Å². The van der Waals surface area contributed by atoms with Crippen LogP contribution in [0.4, 0.5) is 11.4 Å². The number of ether oxygens (including phenoxy) is 1. The number of aliphatic hydroxyl groups excluding tert-OH is 2. The van der Waals surface area contributed by atoms with Crippen LogP contribution in [0.1, 0.15) is 49.9 Å². The van der Waals surface area contributed by atoms with Crippen molar-refractivity contribution in [3.8, 4) is 0 Å². The Bertz CT molecular complexity index is 660. The Balaban J connectivity index is 2.48. The standard InChI is InChI=1S/C20H30N2O5/c1-4-15(5-2)21-17-11-13(20(26)27-3)6-7-18(17)22-16(8-9-23)10-14(12-24)19(22)25/h6-7,11,14-16,21,23-24H,4-5,8-10,12H2,1-3H3. The van der Waals surface area contributed by atoms with E-state index < -0.39 is 11.9 Å². The zero-order valence-corrected chi connectivity index (χ0v) is 16.3. The molecule has 0 aromatic heterocycles. The molecule has 3 N–H and O–H groups in total. The molecular formula is C20H30N2O5. The molecule has 0 radical (unpaired) electrons. The Morgan fingerprint density at radius 1 is 1.33 bits per heavy atom. The predicted molar refractivity (Wildman–Crippen MR) is 104 cm³/mol. The molecule has 1 aromatic carbocycles. The van der Waals surface area contributed by atoms with E-state index in [1.807, 2.05) is 0 Å². The lowest BCUT2D eigenvalue weighted by atomic mass is 10.0. The van der Waals surface area contributed by atoms with Gasteiger partial charge < -0.3 is 25.2 Å². The van der Waals surface area contributed by atoms with Gasteiger partial charge in [0.2, 0.25) is 5.91 Å². The maximum atomic E-state index is 12.8. The van der Waals surface area contributed by atoms with Gasteiger partial charge in [0.15, 0.2) is 0 Å². The van der Waals surface area contributed by atoms with E-state index in [2.05, 4.69) is 19.2 Å². The summed E-state index contributed by atoms with van der Waals surface area (Å²) in [5.41, 5.74) is 1.74. The summed E-state index contributed by atoms with van der Waals surface area (Å²) in [7, 11) is 1.33. The maximum Gasteiger partial charge on any atom is 0.337 e. The van der Waals surface area contributed by atoms with Crippen molar-refractivity contribution >= 4 is 23.3 Å². The first-order chi connectivity index (χ1) is 13.0. The lowest BCUT2D eigenvalue weighted by Gasteiger charge is -2.29. The van der Waals surface area contributed by atoms with Crippen LogP contribution in [-0.4, -0.2) is 54.5 Å². The number of esters is 1. The number of carbonyl (C=O) groups is 2. The summed E-state index contributed by atoms with van der Waals surface area (Å²) < 4.78 is 4.82. The van der Waals surface area contributed by atoms with Gasteiger partial charge in [0.25, 0.3) is 0 Å². The normalized spacial score (nSPS) is 19.6. The smallest absolute Gasteiger partial charge is 0.337 e. The van der Waals surface area contributed by atoms with Crippen molar-refractivity contribution in [3.63, 3.8) is 0 Å². The fraction of sp³-hybridized carbons (Fsp3) is 0.600. The molecule has 0 bridgehead atoms. The van der Waals surface area contributed by atoms with Gasteiger partial charge in [-0.25, -0.2) is 4.79 Å². The molecular weight excluding hydrogens is 348 g/mol. The SMILES string of the molecule is CCC(CC)Nc1cc(C(=O)OC)ccc1N1C(=O)C(CO)CC1CCO. The quantitative estimate of drug-likeness (QED) is 0.570. The van der Waals surface area contributed by atoms with Crippen LogP contribution in [0.3, 0.4) is 0 Å². The van der Waals surface area contributed by atoms with E-state index in [1.165, 1.54) is 7.11 Å². The van der Waals surface area contributed by atoms with E-state index in [1.54, 1.807) is 23.1 Å². The molecule has 150 valence electrons. The number of hydrogen-bond donors (Lipinski definition) is 3. The van der Waals surface area contributed by atoms with Crippen molar-refractivity contribution in [1.82, 2.24) is 0 Å². The molecule has 7 heteroatoms. The van der Waals surface area contributed by atoms with Gasteiger partial charge in [-0.15, -0.1) is 0 Å². The lowest BCUT2D eigenvalue weighted by molar-refractivity contribution is -0.121. The van der Waals surface area contributed by atoms with Gasteiger partial charge in [0.1, 0.15) is 0 Å². The van der Waals surface area contributed by atoms with Gasteiger partial charge in [-0.1, -0.05) is 13.8 Å². The average molecular weight is 378 g/mol. The van der Waals surface area contributed by atoms with Crippen molar-refractivity contribution in [2.75, 3.05) is 30.5 Å². The molecule has 0 aliphatic carbocycles. The van der Waals surface area contributed by atoms with Gasteiger partial charge in [-0.3, -0.25) is 4.79 Å². The van der Waals surface area contributed by atoms with E-state index in [0.717, 1.165) is 12.8 Å². The number of rotatable bonds is 9. The van der Waals surface area contributed by atoms with Crippen LogP contribution in [-0.2, 0) is 9.53 Å². The van der Waals surface area contributed by atoms with Gasteiger partial charge in [0, 0.05) is 18.7 Å². The van der Waals surface area contributed by atoms with E-state index in [0.29, 0.717) is 29.8 Å². The Kier molecular flexibility index (Phi) is 7.62. The maximum absolute atomic E-state index is 12.8. The highest BCUT2D eigenvalue weighted by Gasteiger charge is 2.40. The molecule has 1 fully saturated rings. The second-order valence-electron chi connectivity index (χ2n) is 6.87. The van der Waals surface area contributed by atoms with Crippen molar-refractivity contribution in [3.05, 3.63) is 23.8 Å². The third-order valence-electron chi connectivity index (χ3n) is 5.21. The number of nitrogens with zero attached hydrogens (tertiary/aromatic N) is 1. The monoisotopic (exact) mass is 378 g/mol. The number of anilines is 2. The van der Waals surface area contributed by atoms with Crippen LogP contribution in [0.5, 0.6) is 0 Å². The second kappa shape index (κ2) is 9.71. The largest absolute Gasteiger partial charge is 0.465 e. The first-order valence-electron chi connectivity index (χ1n) is 9.54. The summed E-state index contributed by atoms with van der Waals surface area (Å²) >= 11 is 0. The first kappa shape index (κ1) is 21.2. The molecule has 1 aliphatic rings. The minimum Gasteiger partial charge on any atom is -0.465 e. The first-order valence-corrected chi connectivity index (χ1v) is 9.54. The molecule has 1 saturated heterocycles. The Hall–Kier alpha value is -2.12. The second-order valence-corrected chi connectivity index (χ2v) is 6.87. The molecule has 2 unspecified atom stereocenters. The molecule has 7 nitrogen and oxygen atoms in total. The minimum absolute atomic E-state index is 0.0395. The number of carbonyl (C=O) groups excluding carboxylic acids is 2. The van der Waals surface area contributed by atoms with Crippen LogP contribution < -0.4 is 10.2 Å². The molecule has 1 amide bonds. The lowest BCUT2D eigenvalue weighted by Crippen LogP contribution is -2.36. The van der Waals surface area contributed by atoms with E-state index in [-0.39, 0.29) is 31.2 Å². The van der Waals surface area contributed by atoms with E-state index in [9.17, 15) is 19.8 Å². The molecule has 27 heavy (non-hydrogen) atoms. The number of hydrogen-bond acceptors (Lipinski definition) is 6. The van der Waals surface area contributed by atoms with Crippen LogP contribution >= 0.6 is 0 Å². The highest BCUT2D eigenvalue weighted by molar-refractivity contribution is 6.02. The van der Waals surface area contributed by atoms with Crippen molar-refractivity contribution in [2.45, 2.75) is 51.6 Å². The Morgan fingerprint density at radius 3 is 2.59 bits per heavy atom. The highest BCUT2D eigenvalue weighted by Crippen LogP contribution is 2.37. The molecule has 1 aliphatic heterocycles. The van der Waals surface area contributed by atoms with E-state index >= 15 is 0 Å². The van der Waals surface area contributed by atoms with Crippen LogP contribution in [0.15, 0.2) is 18.2 Å². The summed E-state index contributed by atoms with van der Waals surface area (Å²) in [5.74, 6) is -1.07. The summed E-state index contributed by atoms with van der Waals surface area (Å²) in [6.07, 6.45) is 2.72. The van der Waals surface area contributed by atoms with Gasteiger partial charge >= 0.3 is 5.97 Å². The third-order valence-corrected chi connectivity index (χ3v) is 5.21. The van der Waals surface area contributed by atoms with Gasteiger partial charge in [-0.05, 0) is 43.9 Å². The number of aliphatic hydroxyl groups is 2. The number of amides is 1. The topological polar surface area (TPSA) is 99.1 Å². The van der Waals surface area contributed by atoms with Crippen LogP contribution in [0, 0.1) is 5.92 Å². The van der Waals surface area contributed by atoms with Crippen molar-refractivity contribution in [1.29, 1.82) is 0 Å². The molecule has 0 spiro atoms. The van der Waals surface area contributed by atoms with Crippen molar-refractivity contribution < 1.29 is 24.5 Å². The molecule has 1 aromatic rings.